The maximum atomic E-state index is 6.15. The lowest BCUT2D eigenvalue weighted by molar-refractivity contribution is 0.109. The van der Waals surface area contributed by atoms with Crippen molar-refractivity contribution in [2.45, 2.75) is 77.7 Å². The molecule has 0 amide bonds. The lowest BCUT2D eigenvalue weighted by Crippen LogP contribution is -2.30. The Morgan fingerprint density at radius 1 is 1.00 bits per heavy atom. The Balaban J connectivity index is 0.000000256. The molecule has 0 bridgehead atoms. The lowest BCUT2D eigenvalue weighted by atomic mass is 9.94. The third-order valence-corrected chi connectivity index (χ3v) is 6.93. The molecule has 0 unspecified atom stereocenters. The van der Waals surface area contributed by atoms with E-state index in [2.05, 4.69) is 20.6 Å². The van der Waals surface area contributed by atoms with Crippen molar-refractivity contribution in [3.63, 3.8) is 0 Å². The van der Waals surface area contributed by atoms with Crippen LogP contribution in [-0.4, -0.2) is 42.3 Å². The first-order valence-corrected chi connectivity index (χ1v) is 12.5. The van der Waals surface area contributed by atoms with E-state index in [1.165, 1.54) is 73.6 Å². The summed E-state index contributed by atoms with van der Waals surface area (Å²) in [5, 5.41) is 8.46. The lowest BCUT2D eigenvalue weighted by Gasteiger charge is -2.24. The molecule has 2 fully saturated rings. The van der Waals surface area contributed by atoms with Gasteiger partial charge in [-0.3, -0.25) is 0 Å². The van der Waals surface area contributed by atoms with Crippen LogP contribution in [0.1, 0.15) is 69.2 Å². The number of morpholine rings is 1. The van der Waals surface area contributed by atoms with Crippen molar-refractivity contribution in [1.29, 1.82) is 0 Å². The zero-order chi connectivity index (χ0) is 20.5. The highest BCUT2D eigenvalue weighted by Gasteiger charge is 2.22. The molecule has 0 atom stereocenters. The van der Waals surface area contributed by atoms with E-state index in [9.17, 15) is 0 Å². The summed E-state index contributed by atoms with van der Waals surface area (Å²) in [5.74, 6) is 0.983. The first-order chi connectivity index (χ1) is 14.3. The van der Waals surface area contributed by atoms with Crippen LogP contribution in [0.25, 0.3) is 10.2 Å². The van der Waals surface area contributed by atoms with Crippen molar-refractivity contribution < 1.29 is 4.74 Å². The average molecular weight is 439 g/mol. The standard InChI is InChI=1S/C16H20ClN3S.C4H9NO.C2H6/c17-16-19-14(18-10-6-2-1-3-7-10)13-11-8-4-5-9-12(11)21-15(13)20-16;1-3-6-4-2-5-1;1-2/h10H,1-9H2,(H,18,19,20);5H,1-4H2;1-2H3. The molecule has 1 saturated carbocycles. The maximum Gasteiger partial charge on any atom is 0.225 e. The van der Waals surface area contributed by atoms with E-state index in [4.69, 9.17) is 16.3 Å². The van der Waals surface area contributed by atoms with Gasteiger partial charge in [-0.25, -0.2) is 9.97 Å². The minimum Gasteiger partial charge on any atom is -0.379 e. The van der Waals surface area contributed by atoms with Crippen LogP contribution in [0.5, 0.6) is 0 Å². The molecule has 0 radical (unpaired) electrons. The highest BCUT2D eigenvalue weighted by molar-refractivity contribution is 7.19. The van der Waals surface area contributed by atoms with Gasteiger partial charge >= 0.3 is 0 Å². The molecular weight excluding hydrogens is 404 g/mol. The molecule has 0 spiro atoms. The van der Waals surface area contributed by atoms with Crippen LogP contribution in [-0.2, 0) is 17.6 Å². The summed E-state index contributed by atoms with van der Waals surface area (Å²) in [5.41, 5.74) is 1.48. The van der Waals surface area contributed by atoms with Gasteiger partial charge in [0.2, 0.25) is 5.28 Å². The zero-order valence-corrected chi connectivity index (χ0v) is 19.4. The number of ether oxygens (including phenoxy) is 1. The summed E-state index contributed by atoms with van der Waals surface area (Å²) in [6.07, 6.45) is 11.4. The molecule has 1 aliphatic heterocycles. The molecule has 3 heterocycles. The number of thiophene rings is 1. The maximum absolute atomic E-state index is 6.15. The fourth-order valence-electron chi connectivity index (χ4n) is 4.19. The van der Waals surface area contributed by atoms with E-state index in [1.54, 1.807) is 0 Å². The summed E-state index contributed by atoms with van der Waals surface area (Å²) in [7, 11) is 0. The van der Waals surface area contributed by atoms with Gasteiger partial charge in [-0.1, -0.05) is 33.1 Å². The molecule has 3 aliphatic rings. The van der Waals surface area contributed by atoms with Crippen LogP contribution in [0, 0.1) is 0 Å². The molecule has 2 aromatic heterocycles. The molecule has 5 rings (SSSR count). The smallest absolute Gasteiger partial charge is 0.225 e. The topological polar surface area (TPSA) is 59.1 Å². The van der Waals surface area contributed by atoms with Gasteiger partial charge in [0.25, 0.3) is 0 Å². The number of nitrogens with zero attached hydrogens (tertiary/aromatic N) is 2. The second-order valence-electron chi connectivity index (χ2n) is 7.57. The molecule has 2 aromatic rings. The van der Waals surface area contributed by atoms with Gasteiger partial charge < -0.3 is 15.4 Å². The van der Waals surface area contributed by atoms with Crippen molar-refractivity contribution in [3.8, 4) is 0 Å². The van der Waals surface area contributed by atoms with E-state index in [0.717, 1.165) is 37.0 Å². The summed E-state index contributed by atoms with van der Waals surface area (Å²) in [6, 6.07) is 0.548. The van der Waals surface area contributed by atoms with Crippen LogP contribution in [0.2, 0.25) is 5.28 Å². The Kier molecular flexibility index (Phi) is 9.43. The van der Waals surface area contributed by atoms with Crippen LogP contribution in [0.15, 0.2) is 0 Å². The SMILES string of the molecule is C1COCCN1.CC.Clc1nc(NC2CCCCC2)c2c3c(sc2n1)CCCC3. The first-order valence-electron chi connectivity index (χ1n) is 11.3. The normalized spacial score (nSPS) is 19.4. The Labute approximate surface area is 184 Å². The van der Waals surface area contributed by atoms with E-state index < -0.39 is 0 Å². The van der Waals surface area contributed by atoms with Gasteiger partial charge in [0.1, 0.15) is 10.6 Å². The van der Waals surface area contributed by atoms with Gasteiger partial charge in [0.05, 0.1) is 18.6 Å². The third-order valence-electron chi connectivity index (χ3n) is 5.58. The van der Waals surface area contributed by atoms with Gasteiger partial charge in [0.15, 0.2) is 0 Å². The highest BCUT2D eigenvalue weighted by Crippen LogP contribution is 2.39. The molecule has 2 aliphatic carbocycles. The molecule has 7 heteroatoms. The van der Waals surface area contributed by atoms with Gasteiger partial charge in [-0.05, 0) is 55.7 Å². The van der Waals surface area contributed by atoms with Crippen molar-refractivity contribution in [2.24, 2.45) is 0 Å². The Hall–Kier alpha value is -0.950. The highest BCUT2D eigenvalue weighted by atomic mass is 35.5. The van der Waals surface area contributed by atoms with Crippen LogP contribution in [0.4, 0.5) is 5.82 Å². The number of aryl methyl sites for hydroxylation is 2. The summed E-state index contributed by atoms with van der Waals surface area (Å²) in [4.78, 5) is 11.6. The quantitative estimate of drug-likeness (QED) is 0.597. The number of rotatable bonds is 2. The van der Waals surface area contributed by atoms with E-state index in [-0.39, 0.29) is 0 Å². The van der Waals surface area contributed by atoms with Crippen molar-refractivity contribution >= 4 is 39.0 Å². The molecule has 2 N–H and O–H groups in total. The molecule has 29 heavy (non-hydrogen) atoms. The van der Waals surface area contributed by atoms with Crippen LogP contribution in [0.3, 0.4) is 0 Å². The molecular formula is C22H35ClN4OS. The summed E-state index contributed by atoms with van der Waals surface area (Å²) >= 11 is 7.96. The molecule has 162 valence electrons. The molecule has 0 aromatic carbocycles. The van der Waals surface area contributed by atoms with E-state index in [1.807, 2.05) is 25.2 Å². The Morgan fingerprint density at radius 2 is 1.72 bits per heavy atom. The second-order valence-corrected chi connectivity index (χ2v) is 9.00. The predicted octanol–water partition coefficient (Wildman–Crippen LogP) is 5.60. The fourth-order valence-corrected chi connectivity index (χ4v) is 5.67. The van der Waals surface area contributed by atoms with E-state index in [0.29, 0.717) is 11.3 Å². The predicted molar refractivity (Wildman–Crippen MR) is 125 cm³/mol. The van der Waals surface area contributed by atoms with Crippen LogP contribution >= 0.6 is 22.9 Å². The Bertz CT molecular complexity index is 745. The third kappa shape index (κ3) is 6.27. The van der Waals surface area contributed by atoms with Crippen molar-refractivity contribution in [1.82, 2.24) is 15.3 Å². The first kappa shape index (κ1) is 22.7. The number of aromatic nitrogens is 2. The van der Waals surface area contributed by atoms with Crippen molar-refractivity contribution in [3.05, 3.63) is 15.7 Å². The van der Waals surface area contributed by atoms with Gasteiger partial charge in [-0.15, -0.1) is 11.3 Å². The molecule has 1 saturated heterocycles. The minimum absolute atomic E-state index is 0.374. The number of fused-ring (bicyclic) bond motifs is 3. The largest absolute Gasteiger partial charge is 0.379 e. The number of nitrogens with one attached hydrogen (secondary N) is 2. The number of anilines is 1. The minimum atomic E-state index is 0.374. The van der Waals surface area contributed by atoms with Crippen LogP contribution < -0.4 is 10.6 Å². The van der Waals surface area contributed by atoms with Gasteiger partial charge in [-0.2, -0.15) is 0 Å². The molecule has 5 nitrogen and oxygen atoms in total. The van der Waals surface area contributed by atoms with Crippen molar-refractivity contribution in [2.75, 3.05) is 31.6 Å². The Morgan fingerprint density at radius 3 is 2.38 bits per heavy atom. The number of hydrogen-bond donors (Lipinski definition) is 2. The summed E-state index contributed by atoms with van der Waals surface area (Å²) in [6.45, 7) is 7.83. The monoisotopic (exact) mass is 438 g/mol. The second kappa shape index (κ2) is 12.0. The average Bonchev–Trinajstić information content (AvgIpc) is 3.16. The van der Waals surface area contributed by atoms with E-state index >= 15 is 0 Å². The number of hydrogen-bond acceptors (Lipinski definition) is 6. The fraction of sp³-hybridized carbons (Fsp3) is 0.727. The summed E-state index contributed by atoms with van der Waals surface area (Å²) < 4.78 is 5.01. The van der Waals surface area contributed by atoms with Gasteiger partial charge in [0, 0.05) is 24.0 Å². The zero-order valence-electron chi connectivity index (χ0n) is 17.9. The number of halogens is 1.